The molecule has 0 radical (unpaired) electrons. The Kier molecular flexibility index (Phi) is 16.4. The Morgan fingerprint density at radius 3 is 1.38 bits per heavy atom. The number of aliphatic hydroxyl groups is 4. The van der Waals surface area contributed by atoms with Crippen LogP contribution >= 0.6 is 0 Å². The lowest BCUT2D eigenvalue weighted by Gasteiger charge is -2.43. The first-order valence-corrected chi connectivity index (χ1v) is 21.9. The van der Waals surface area contributed by atoms with Gasteiger partial charge in [-0.25, -0.2) is 0 Å². The third-order valence-electron chi connectivity index (χ3n) is 13.2. The smallest absolute Gasteiger partial charge is 0.308 e. The highest BCUT2D eigenvalue weighted by atomic mass is 16.6. The summed E-state index contributed by atoms with van der Waals surface area (Å²) in [5.74, 6) is -1.18. The van der Waals surface area contributed by atoms with Gasteiger partial charge < -0.3 is 39.4 Å². The highest BCUT2D eigenvalue weighted by molar-refractivity contribution is 5.73. The van der Waals surface area contributed by atoms with Crippen molar-refractivity contribution in [3.63, 3.8) is 0 Å². The minimum absolute atomic E-state index is 0.0479. The molecule has 2 aliphatic heterocycles. The summed E-state index contributed by atoms with van der Waals surface area (Å²) < 4.78 is 22.6. The van der Waals surface area contributed by atoms with Gasteiger partial charge in [-0.3, -0.25) is 19.2 Å². The second kappa shape index (κ2) is 20.8. The molecule has 0 amide bonds. The molecule has 6 rings (SSSR count). The van der Waals surface area contributed by atoms with E-state index < -0.39 is 24.4 Å². The molecule has 0 spiro atoms. The van der Waals surface area contributed by atoms with Crippen LogP contribution in [0.5, 0.6) is 0 Å². The zero-order chi connectivity index (χ0) is 42.3. The van der Waals surface area contributed by atoms with Gasteiger partial charge in [0.15, 0.2) is 0 Å². The second-order valence-electron chi connectivity index (χ2n) is 18.0. The van der Waals surface area contributed by atoms with Gasteiger partial charge >= 0.3 is 23.9 Å². The monoisotopic (exact) mass is 812 g/mol. The quantitative estimate of drug-likeness (QED) is 0.137. The predicted molar refractivity (Wildman–Crippen MR) is 215 cm³/mol. The highest BCUT2D eigenvalue weighted by Crippen LogP contribution is 2.45. The number of esters is 4. The van der Waals surface area contributed by atoms with E-state index in [-0.39, 0.29) is 96.6 Å². The van der Waals surface area contributed by atoms with E-state index in [9.17, 15) is 39.6 Å². The van der Waals surface area contributed by atoms with Crippen molar-refractivity contribution in [2.75, 3.05) is 0 Å². The molecule has 0 bridgehead atoms. The van der Waals surface area contributed by atoms with Gasteiger partial charge in [-0.1, -0.05) is 78.0 Å². The van der Waals surface area contributed by atoms with Gasteiger partial charge in [0.2, 0.25) is 0 Å². The number of carbonyl (C=O) groups is 4. The predicted octanol–water partition coefficient (Wildman–Crippen LogP) is 5.84. The third kappa shape index (κ3) is 11.9. The molecule has 2 fully saturated rings. The molecule has 0 saturated carbocycles. The van der Waals surface area contributed by atoms with E-state index in [2.05, 4.69) is 26.0 Å². The first-order chi connectivity index (χ1) is 27.6. The van der Waals surface area contributed by atoms with Crippen LogP contribution in [-0.2, 0) is 38.1 Å². The van der Waals surface area contributed by atoms with Crippen LogP contribution in [-0.4, -0.2) is 93.1 Å². The first-order valence-electron chi connectivity index (χ1n) is 21.9. The SMILES string of the molecule is CCC(C)C(=O)OC1CC(C)C=C2C=CC(O)[C@H](CCC3C[C@@H](O)CC(=O)O3)C21.CCC(C)C(=O)O[C@@H]1CC(C)C=C2C=CC(O)[C@H](CCC3C[C@@H](O)CC(=O)O3)C21. The van der Waals surface area contributed by atoms with Crippen LogP contribution in [0.25, 0.3) is 0 Å². The van der Waals surface area contributed by atoms with Crippen molar-refractivity contribution in [3.05, 3.63) is 47.6 Å². The lowest BCUT2D eigenvalue weighted by Crippen LogP contribution is -2.44. The summed E-state index contributed by atoms with van der Waals surface area (Å²) in [5, 5.41) is 41.1. The number of ether oxygens (including phenoxy) is 4. The number of allylic oxidation sites excluding steroid dienone is 4. The standard InChI is InChI=1S/2C23H34O6/c2*1-4-14(3)23(27)29-20-10-13(2)9-15-5-8-19(25)18(22(15)20)7-6-17-11-16(24)12-21(26)28-17/h2*5,8-9,13-14,16-20,22,24-25H,4,6-7,10-12H2,1-3H3/t13?,14?,16-,17?,18+,19?,20?,22?;13?,14?,16-,17?,18+,19?,20-,22?/m11/s1. The van der Waals surface area contributed by atoms with E-state index >= 15 is 0 Å². The Morgan fingerprint density at radius 2 is 1.03 bits per heavy atom. The minimum Gasteiger partial charge on any atom is -0.462 e. The lowest BCUT2D eigenvalue weighted by molar-refractivity contribution is -0.163. The summed E-state index contributed by atoms with van der Waals surface area (Å²) in [6, 6.07) is 0. The van der Waals surface area contributed by atoms with Gasteiger partial charge in [0, 0.05) is 24.7 Å². The molecule has 0 aromatic heterocycles. The maximum atomic E-state index is 12.5. The molecule has 4 aliphatic carbocycles. The maximum absolute atomic E-state index is 12.5. The lowest BCUT2D eigenvalue weighted by atomic mass is 9.67. The molecule has 12 nitrogen and oxygen atoms in total. The summed E-state index contributed by atoms with van der Waals surface area (Å²) in [6.45, 7) is 11.9. The van der Waals surface area contributed by atoms with Gasteiger partial charge in [0.25, 0.3) is 0 Å². The summed E-state index contributed by atoms with van der Waals surface area (Å²) in [7, 11) is 0. The molecule has 4 N–H and O–H groups in total. The molecule has 2 saturated heterocycles. The minimum atomic E-state index is -0.660. The summed E-state index contributed by atoms with van der Waals surface area (Å²) in [5.41, 5.74) is 2.23. The molecule has 12 heteroatoms. The fourth-order valence-corrected chi connectivity index (χ4v) is 9.62. The van der Waals surface area contributed by atoms with Gasteiger partial charge in [-0.2, -0.15) is 0 Å². The molecule has 0 aromatic carbocycles. The molecule has 16 atom stereocenters. The topological polar surface area (TPSA) is 186 Å². The summed E-state index contributed by atoms with van der Waals surface area (Å²) in [4.78, 5) is 48.2. The molecule has 324 valence electrons. The number of aliphatic hydroxyl groups excluding tert-OH is 4. The van der Waals surface area contributed by atoms with Crippen molar-refractivity contribution < 1.29 is 58.6 Å². The Morgan fingerprint density at radius 1 is 0.655 bits per heavy atom. The third-order valence-corrected chi connectivity index (χ3v) is 13.2. The number of fused-ring (bicyclic) bond motifs is 2. The first kappa shape index (κ1) is 45.8. The second-order valence-corrected chi connectivity index (χ2v) is 18.0. The number of hydrogen-bond donors (Lipinski definition) is 4. The zero-order valence-corrected chi connectivity index (χ0v) is 35.2. The van der Waals surface area contributed by atoms with Crippen molar-refractivity contribution in [1.82, 2.24) is 0 Å². The van der Waals surface area contributed by atoms with Crippen LogP contribution in [0.4, 0.5) is 0 Å². The van der Waals surface area contributed by atoms with E-state index in [1.165, 1.54) is 0 Å². The molecular weight excluding hydrogens is 744 g/mol. The van der Waals surface area contributed by atoms with Gasteiger partial charge in [0.05, 0.1) is 49.1 Å². The van der Waals surface area contributed by atoms with Crippen molar-refractivity contribution in [3.8, 4) is 0 Å². The molecule has 58 heavy (non-hydrogen) atoms. The van der Waals surface area contributed by atoms with Gasteiger partial charge in [0.1, 0.15) is 24.4 Å². The van der Waals surface area contributed by atoms with Crippen molar-refractivity contribution >= 4 is 23.9 Å². The van der Waals surface area contributed by atoms with Crippen LogP contribution in [0, 0.1) is 47.3 Å². The van der Waals surface area contributed by atoms with E-state index in [0.717, 1.165) is 36.8 Å². The average Bonchev–Trinajstić information content (AvgIpc) is 3.16. The number of cyclic esters (lactones) is 2. The van der Waals surface area contributed by atoms with Crippen LogP contribution in [0.2, 0.25) is 0 Å². The Labute approximate surface area is 344 Å². The zero-order valence-electron chi connectivity index (χ0n) is 35.2. The van der Waals surface area contributed by atoms with Gasteiger partial charge in [-0.15, -0.1) is 0 Å². The van der Waals surface area contributed by atoms with E-state index in [1.807, 2.05) is 39.8 Å². The summed E-state index contributed by atoms with van der Waals surface area (Å²) in [6.07, 6.45) is 14.4. The normalized spacial score (nSPS) is 37.9. The molecule has 2 heterocycles. The van der Waals surface area contributed by atoms with Gasteiger partial charge in [-0.05, 0) is 86.2 Å². The molecule has 0 aromatic rings. The van der Waals surface area contributed by atoms with E-state index in [1.54, 1.807) is 12.2 Å². The average molecular weight is 813 g/mol. The number of hydrogen-bond acceptors (Lipinski definition) is 12. The van der Waals surface area contributed by atoms with E-state index in [0.29, 0.717) is 50.4 Å². The molecular formula is C46H68O12. The molecule has 6 aliphatic rings. The Balaban J connectivity index is 0.000000221. The van der Waals surface area contributed by atoms with Crippen LogP contribution < -0.4 is 0 Å². The fourth-order valence-electron chi connectivity index (χ4n) is 9.62. The maximum Gasteiger partial charge on any atom is 0.308 e. The van der Waals surface area contributed by atoms with Crippen molar-refractivity contribution in [2.24, 2.45) is 47.3 Å². The Hall–Kier alpha value is -3.32. The summed E-state index contributed by atoms with van der Waals surface area (Å²) >= 11 is 0. The number of carbonyl (C=O) groups excluding carboxylic acids is 4. The van der Waals surface area contributed by atoms with Crippen LogP contribution in [0.1, 0.15) is 119 Å². The van der Waals surface area contributed by atoms with Crippen molar-refractivity contribution in [2.45, 2.75) is 167 Å². The van der Waals surface area contributed by atoms with E-state index in [4.69, 9.17) is 18.9 Å². The van der Waals surface area contributed by atoms with Crippen LogP contribution in [0.15, 0.2) is 47.6 Å². The fraction of sp³-hybridized carbons (Fsp3) is 0.739. The number of rotatable bonds is 12. The molecule has 11 unspecified atom stereocenters. The largest absolute Gasteiger partial charge is 0.462 e. The Bertz CT molecular complexity index is 1450. The van der Waals surface area contributed by atoms with Crippen molar-refractivity contribution in [1.29, 1.82) is 0 Å². The highest BCUT2D eigenvalue weighted by Gasteiger charge is 2.45. The van der Waals surface area contributed by atoms with Crippen LogP contribution in [0.3, 0.4) is 0 Å².